The van der Waals surface area contributed by atoms with Crippen LogP contribution in [0.1, 0.15) is 46.9 Å². The fourth-order valence-corrected chi connectivity index (χ4v) is 4.30. The molecule has 1 aromatic carbocycles. The molecule has 0 spiro atoms. The van der Waals surface area contributed by atoms with Crippen molar-refractivity contribution < 1.29 is 9.53 Å². The van der Waals surface area contributed by atoms with Gasteiger partial charge in [0.2, 0.25) is 0 Å². The number of hydrogen-bond acceptors (Lipinski definition) is 4. The molecule has 4 rings (SSSR count). The van der Waals surface area contributed by atoms with Crippen LogP contribution in [0.4, 0.5) is 0 Å². The van der Waals surface area contributed by atoms with Crippen molar-refractivity contribution in [1.29, 1.82) is 0 Å². The molecule has 1 amide bonds. The van der Waals surface area contributed by atoms with E-state index in [1.807, 2.05) is 29.3 Å². The quantitative estimate of drug-likeness (QED) is 0.771. The minimum Gasteiger partial charge on any atom is -0.493 e. The molecule has 0 aliphatic carbocycles. The number of carbonyl (C=O) groups is 1. The summed E-state index contributed by atoms with van der Waals surface area (Å²) in [5.74, 6) is 2.49. The number of aromatic nitrogens is 2. The predicted octanol–water partition coefficient (Wildman–Crippen LogP) is 2.79. The van der Waals surface area contributed by atoms with Gasteiger partial charge < -0.3 is 19.1 Å². The number of benzene rings is 1. The SMILES string of the molecule is CN(C)CCCn1ccnc1C1CCCN(C(=O)c2ccc3c(c2)CCO3)C1. The Bertz CT molecular complexity index is 830. The number of nitrogens with zero attached hydrogens (tertiary/aromatic N) is 4. The highest BCUT2D eigenvalue weighted by Crippen LogP contribution is 2.29. The van der Waals surface area contributed by atoms with E-state index >= 15 is 0 Å². The Labute approximate surface area is 167 Å². The summed E-state index contributed by atoms with van der Waals surface area (Å²) < 4.78 is 7.84. The van der Waals surface area contributed by atoms with Crippen LogP contribution in [-0.2, 0) is 13.0 Å². The molecule has 1 saturated heterocycles. The number of likely N-dealkylation sites (tertiary alicyclic amines) is 1. The van der Waals surface area contributed by atoms with Gasteiger partial charge in [0.05, 0.1) is 6.61 Å². The Hall–Kier alpha value is -2.34. The first-order valence-corrected chi connectivity index (χ1v) is 10.3. The van der Waals surface area contributed by atoms with E-state index in [9.17, 15) is 4.79 Å². The van der Waals surface area contributed by atoms with Crippen LogP contribution in [0.25, 0.3) is 0 Å². The monoisotopic (exact) mass is 382 g/mol. The average molecular weight is 383 g/mol. The number of ether oxygens (including phenoxy) is 1. The highest BCUT2D eigenvalue weighted by molar-refractivity contribution is 5.94. The average Bonchev–Trinajstić information content (AvgIpc) is 3.36. The van der Waals surface area contributed by atoms with Crippen molar-refractivity contribution in [3.8, 4) is 5.75 Å². The summed E-state index contributed by atoms with van der Waals surface area (Å²) in [7, 11) is 4.20. The summed E-state index contributed by atoms with van der Waals surface area (Å²) in [6.07, 6.45) is 8.08. The molecule has 28 heavy (non-hydrogen) atoms. The molecule has 1 fully saturated rings. The van der Waals surface area contributed by atoms with Gasteiger partial charge in [-0.05, 0) is 63.7 Å². The zero-order chi connectivity index (χ0) is 19.5. The maximum absolute atomic E-state index is 13.1. The summed E-state index contributed by atoms with van der Waals surface area (Å²) in [6, 6.07) is 5.85. The van der Waals surface area contributed by atoms with E-state index in [1.54, 1.807) is 0 Å². The molecule has 6 nitrogen and oxygen atoms in total. The lowest BCUT2D eigenvalue weighted by Gasteiger charge is -2.33. The van der Waals surface area contributed by atoms with Gasteiger partial charge in [-0.25, -0.2) is 4.98 Å². The van der Waals surface area contributed by atoms with E-state index in [4.69, 9.17) is 4.74 Å². The van der Waals surface area contributed by atoms with E-state index in [0.717, 1.165) is 81.2 Å². The number of imidazole rings is 1. The second kappa shape index (κ2) is 8.35. The van der Waals surface area contributed by atoms with Crippen molar-refractivity contribution in [2.24, 2.45) is 0 Å². The van der Waals surface area contributed by atoms with Crippen molar-refractivity contribution in [2.75, 3.05) is 40.3 Å². The maximum Gasteiger partial charge on any atom is 0.253 e. The molecule has 150 valence electrons. The molecule has 2 aromatic rings. The van der Waals surface area contributed by atoms with Crippen LogP contribution in [0.5, 0.6) is 5.75 Å². The van der Waals surface area contributed by atoms with Gasteiger partial charge in [0, 0.05) is 49.9 Å². The molecular formula is C22H30N4O2. The van der Waals surface area contributed by atoms with Crippen LogP contribution in [0, 0.1) is 0 Å². The molecule has 2 aliphatic heterocycles. The number of amides is 1. The topological polar surface area (TPSA) is 50.6 Å². The predicted molar refractivity (Wildman–Crippen MR) is 109 cm³/mol. The first-order chi connectivity index (χ1) is 13.6. The van der Waals surface area contributed by atoms with Crippen LogP contribution in [0.15, 0.2) is 30.6 Å². The minimum atomic E-state index is 0.130. The largest absolute Gasteiger partial charge is 0.493 e. The summed E-state index contributed by atoms with van der Waals surface area (Å²) in [5.41, 5.74) is 1.93. The van der Waals surface area contributed by atoms with Crippen LogP contribution in [-0.4, -0.2) is 65.6 Å². The molecule has 0 radical (unpaired) electrons. The van der Waals surface area contributed by atoms with Gasteiger partial charge >= 0.3 is 0 Å². The second-order valence-corrected chi connectivity index (χ2v) is 8.15. The second-order valence-electron chi connectivity index (χ2n) is 8.15. The van der Waals surface area contributed by atoms with Crippen molar-refractivity contribution >= 4 is 5.91 Å². The third-order valence-corrected chi connectivity index (χ3v) is 5.76. The van der Waals surface area contributed by atoms with E-state index in [-0.39, 0.29) is 5.91 Å². The first-order valence-electron chi connectivity index (χ1n) is 10.3. The van der Waals surface area contributed by atoms with Crippen molar-refractivity contribution in [1.82, 2.24) is 19.4 Å². The number of piperidine rings is 1. The van der Waals surface area contributed by atoms with E-state index in [2.05, 4.69) is 34.7 Å². The Balaban J connectivity index is 1.43. The zero-order valence-electron chi connectivity index (χ0n) is 16.9. The molecule has 0 N–H and O–H groups in total. The fourth-order valence-electron chi connectivity index (χ4n) is 4.30. The lowest BCUT2D eigenvalue weighted by molar-refractivity contribution is 0.0703. The lowest BCUT2D eigenvalue weighted by atomic mass is 9.96. The Morgan fingerprint density at radius 2 is 2.25 bits per heavy atom. The molecule has 2 aliphatic rings. The summed E-state index contributed by atoms with van der Waals surface area (Å²) >= 11 is 0. The number of carbonyl (C=O) groups excluding carboxylic acids is 1. The molecule has 1 atom stereocenters. The number of rotatable bonds is 6. The summed E-state index contributed by atoms with van der Waals surface area (Å²) in [6.45, 7) is 4.33. The van der Waals surface area contributed by atoms with Crippen LogP contribution in [0.2, 0.25) is 0 Å². The number of fused-ring (bicyclic) bond motifs is 1. The molecule has 6 heteroatoms. The third-order valence-electron chi connectivity index (χ3n) is 5.76. The smallest absolute Gasteiger partial charge is 0.253 e. The summed E-state index contributed by atoms with van der Waals surface area (Å²) in [4.78, 5) is 22.0. The van der Waals surface area contributed by atoms with Gasteiger partial charge in [0.1, 0.15) is 11.6 Å². The van der Waals surface area contributed by atoms with Gasteiger partial charge in [-0.15, -0.1) is 0 Å². The molecular weight excluding hydrogens is 352 g/mol. The van der Waals surface area contributed by atoms with Crippen molar-refractivity contribution in [3.63, 3.8) is 0 Å². The van der Waals surface area contributed by atoms with Gasteiger partial charge in [-0.3, -0.25) is 4.79 Å². The number of hydrogen-bond donors (Lipinski definition) is 0. The standard InChI is InChI=1S/C22H30N4O2/c1-24(2)10-4-12-25-13-9-23-21(25)19-5-3-11-26(16-19)22(27)18-6-7-20-17(15-18)8-14-28-20/h6-7,9,13,15,19H,3-5,8,10-12,14,16H2,1-2H3. The van der Waals surface area contributed by atoms with Gasteiger partial charge in [0.25, 0.3) is 5.91 Å². The molecule has 1 aromatic heterocycles. The minimum absolute atomic E-state index is 0.130. The molecule has 1 unspecified atom stereocenters. The van der Waals surface area contributed by atoms with Crippen LogP contribution >= 0.6 is 0 Å². The van der Waals surface area contributed by atoms with E-state index in [0.29, 0.717) is 5.92 Å². The van der Waals surface area contributed by atoms with Crippen LogP contribution in [0.3, 0.4) is 0 Å². The molecule has 3 heterocycles. The van der Waals surface area contributed by atoms with E-state index < -0.39 is 0 Å². The summed E-state index contributed by atoms with van der Waals surface area (Å²) in [5, 5.41) is 0. The van der Waals surface area contributed by atoms with Crippen LogP contribution < -0.4 is 4.74 Å². The number of aryl methyl sites for hydroxylation is 1. The Kier molecular flexibility index (Phi) is 5.67. The highest BCUT2D eigenvalue weighted by atomic mass is 16.5. The van der Waals surface area contributed by atoms with Gasteiger partial charge in [-0.2, -0.15) is 0 Å². The molecule has 0 saturated carbocycles. The van der Waals surface area contributed by atoms with Crippen molar-refractivity contribution in [2.45, 2.75) is 38.1 Å². The van der Waals surface area contributed by atoms with Gasteiger partial charge in [-0.1, -0.05) is 0 Å². The van der Waals surface area contributed by atoms with E-state index in [1.165, 1.54) is 0 Å². The third kappa shape index (κ3) is 4.07. The van der Waals surface area contributed by atoms with Gasteiger partial charge in [0.15, 0.2) is 0 Å². The Morgan fingerprint density at radius 1 is 1.36 bits per heavy atom. The Morgan fingerprint density at radius 3 is 3.11 bits per heavy atom. The fraction of sp³-hybridized carbons (Fsp3) is 0.545. The normalized spacial score (nSPS) is 19.0. The molecule has 0 bridgehead atoms. The first kappa shape index (κ1) is 19.0. The highest BCUT2D eigenvalue weighted by Gasteiger charge is 2.28. The maximum atomic E-state index is 13.1. The van der Waals surface area contributed by atoms with Crippen molar-refractivity contribution in [3.05, 3.63) is 47.5 Å². The zero-order valence-corrected chi connectivity index (χ0v) is 16.9. The lowest BCUT2D eigenvalue weighted by Crippen LogP contribution is -2.39.